The summed E-state index contributed by atoms with van der Waals surface area (Å²) in [5, 5.41) is 3.02. The van der Waals surface area contributed by atoms with Gasteiger partial charge >= 0.3 is 0 Å². The molecular weight excluding hydrogens is 232 g/mol. The van der Waals surface area contributed by atoms with Gasteiger partial charge in [-0.15, -0.1) is 11.3 Å². The molecule has 1 aromatic carbocycles. The Morgan fingerprint density at radius 2 is 2.24 bits per heavy atom. The Balaban J connectivity index is 2.38. The Morgan fingerprint density at radius 3 is 2.82 bits per heavy atom. The van der Waals surface area contributed by atoms with E-state index in [1.54, 1.807) is 18.4 Å². The summed E-state index contributed by atoms with van der Waals surface area (Å²) in [5.74, 6) is 0.937. The summed E-state index contributed by atoms with van der Waals surface area (Å²) >= 11 is 1.63. The minimum Gasteiger partial charge on any atom is -0.496 e. The average Bonchev–Trinajstić information content (AvgIpc) is 2.86. The Kier molecular flexibility index (Phi) is 3.76. The number of methoxy groups -OCH3 is 1. The SMILES string of the molecule is CCc1cc(-c2nc(CN)cs2)ccc1OC. The van der Waals surface area contributed by atoms with Gasteiger partial charge in [0.1, 0.15) is 10.8 Å². The molecule has 0 fully saturated rings. The first kappa shape index (κ1) is 12.1. The molecule has 90 valence electrons. The number of nitrogens with zero attached hydrogens (tertiary/aromatic N) is 1. The number of aromatic nitrogens is 1. The lowest BCUT2D eigenvalue weighted by atomic mass is 10.1. The Bertz CT molecular complexity index is 508. The number of aryl methyl sites for hydroxylation is 1. The van der Waals surface area contributed by atoms with Crippen molar-refractivity contribution in [2.75, 3.05) is 7.11 Å². The van der Waals surface area contributed by atoms with Gasteiger partial charge in [-0.25, -0.2) is 4.98 Å². The molecular formula is C13H16N2OS. The summed E-state index contributed by atoms with van der Waals surface area (Å²) in [4.78, 5) is 4.48. The zero-order valence-electron chi connectivity index (χ0n) is 10.1. The van der Waals surface area contributed by atoms with E-state index < -0.39 is 0 Å². The van der Waals surface area contributed by atoms with Gasteiger partial charge < -0.3 is 10.5 Å². The lowest BCUT2D eigenvalue weighted by molar-refractivity contribution is 0.410. The van der Waals surface area contributed by atoms with E-state index >= 15 is 0 Å². The minimum absolute atomic E-state index is 0.493. The van der Waals surface area contributed by atoms with Crippen LogP contribution in [0.4, 0.5) is 0 Å². The van der Waals surface area contributed by atoms with Gasteiger partial charge in [-0.3, -0.25) is 0 Å². The average molecular weight is 248 g/mol. The number of thiazole rings is 1. The van der Waals surface area contributed by atoms with Crippen molar-refractivity contribution >= 4 is 11.3 Å². The van der Waals surface area contributed by atoms with Crippen molar-refractivity contribution in [3.8, 4) is 16.3 Å². The summed E-state index contributed by atoms with van der Waals surface area (Å²) < 4.78 is 5.32. The van der Waals surface area contributed by atoms with Gasteiger partial charge in [0.25, 0.3) is 0 Å². The summed E-state index contributed by atoms with van der Waals surface area (Å²) in [6, 6.07) is 6.17. The first-order valence-corrected chi connectivity index (χ1v) is 6.48. The molecule has 0 saturated carbocycles. The van der Waals surface area contributed by atoms with Crippen molar-refractivity contribution < 1.29 is 4.74 Å². The van der Waals surface area contributed by atoms with Gasteiger partial charge in [0.05, 0.1) is 12.8 Å². The maximum atomic E-state index is 5.57. The standard InChI is InChI=1S/C13H16N2OS/c1-3-9-6-10(4-5-12(9)16-2)13-15-11(7-14)8-17-13/h4-6,8H,3,7,14H2,1-2H3. The monoisotopic (exact) mass is 248 g/mol. The highest BCUT2D eigenvalue weighted by atomic mass is 32.1. The fourth-order valence-corrected chi connectivity index (χ4v) is 2.55. The van der Waals surface area contributed by atoms with E-state index in [2.05, 4.69) is 18.0 Å². The second-order valence-electron chi connectivity index (χ2n) is 3.73. The van der Waals surface area contributed by atoms with E-state index in [0.717, 1.165) is 28.4 Å². The van der Waals surface area contributed by atoms with Gasteiger partial charge in [-0.05, 0) is 30.2 Å². The lowest BCUT2D eigenvalue weighted by Crippen LogP contribution is -1.96. The molecule has 17 heavy (non-hydrogen) atoms. The smallest absolute Gasteiger partial charge is 0.123 e. The maximum Gasteiger partial charge on any atom is 0.123 e. The fourth-order valence-electron chi connectivity index (χ4n) is 1.72. The number of rotatable bonds is 4. The second kappa shape index (κ2) is 5.29. The fraction of sp³-hybridized carbons (Fsp3) is 0.308. The normalized spacial score (nSPS) is 10.5. The number of hydrogen-bond acceptors (Lipinski definition) is 4. The van der Waals surface area contributed by atoms with Crippen molar-refractivity contribution in [1.82, 2.24) is 4.98 Å². The van der Waals surface area contributed by atoms with Crippen LogP contribution in [-0.4, -0.2) is 12.1 Å². The third-order valence-electron chi connectivity index (χ3n) is 2.67. The predicted octanol–water partition coefficient (Wildman–Crippen LogP) is 2.84. The molecule has 1 heterocycles. The van der Waals surface area contributed by atoms with E-state index in [1.165, 1.54) is 5.56 Å². The van der Waals surface area contributed by atoms with Gasteiger partial charge in [0, 0.05) is 17.5 Å². The van der Waals surface area contributed by atoms with Crippen LogP contribution in [0.5, 0.6) is 5.75 Å². The number of benzene rings is 1. The summed E-state index contributed by atoms with van der Waals surface area (Å²) in [7, 11) is 1.70. The van der Waals surface area contributed by atoms with Crippen LogP contribution in [-0.2, 0) is 13.0 Å². The van der Waals surface area contributed by atoms with Crippen molar-refractivity contribution in [1.29, 1.82) is 0 Å². The van der Waals surface area contributed by atoms with Crippen LogP contribution in [0, 0.1) is 0 Å². The van der Waals surface area contributed by atoms with Crippen LogP contribution < -0.4 is 10.5 Å². The molecule has 0 atom stereocenters. The highest BCUT2D eigenvalue weighted by Crippen LogP contribution is 2.29. The molecule has 3 nitrogen and oxygen atoms in total. The molecule has 1 aromatic heterocycles. The van der Waals surface area contributed by atoms with Gasteiger partial charge in [-0.2, -0.15) is 0 Å². The summed E-state index contributed by atoms with van der Waals surface area (Å²) in [6.07, 6.45) is 0.951. The first-order chi connectivity index (χ1) is 8.28. The largest absolute Gasteiger partial charge is 0.496 e. The van der Waals surface area contributed by atoms with Gasteiger partial charge in [0.15, 0.2) is 0 Å². The van der Waals surface area contributed by atoms with Crippen molar-refractivity contribution in [3.63, 3.8) is 0 Å². The third-order valence-corrected chi connectivity index (χ3v) is 3.61. The van der Waals surface area contributed by atoms with Crippen molar-refractivity contribution in [3.05, 3.63) is 34.8 Å². The number of ether oxygens (including phenoxy) is 1. The molecule has 2 rings (SSSR count). The molecule has 2 N–H and O–H groups in total. The van der Waals surface area contributed by atoms with Crippen molar-refractivity contribution in [2.24, 2.45) is 5.73 Å². The van der Waals surface area contributed by atoms with Gasteiger partial charge in [-0.1, -0.05) is 6.92 Å². The molecule has 0 unspecified atom stereocenters. The van der Waals surface area contributed by atoms with E-state index in [1.807, 2.05) is 17.5 Å². The van der Waals surface area contributed by atoms with Gasteiger partial charge in [0.2, 0.25) is 0 Å². The predicted molar refractivity (Wildman–Crippen MR) is 71.4 cm³/mol. The Labute approximate surface area is 105 Å². The molecule has 0 radical (unpaired) electrons. The highest BCUT2D eigenvalue weighted by molar-refractivity contribution is 7.13. The van der Waals surface area contributed by atoms with Crippen LogP contribution in [0.25, 0.3) is 10.6 Å². The topological polar surface area (TPSA) is 48.1 Å². The number of nitrogens with two attached hydrogens (primary N) is 1. The van der Waals surface area contributed by atoms with Crippen LogP contribution in [0.15, 0.2) is 23.6 Å². The molecule has 0 aliphatic rings. The highest BCUT2D eigenvalue weighted by Gasteiger charge is 2.07. The summed E-state index contributed by atoms with van der Waals surface area (Å²) in [5.41, 5.74) is 8.85. The van der Waals surface area contributed by atoms with E-state index in [9.17, 15) is 0 Å². The molecule has 0 aliphatic heterocycles. The zero-order valence-corrected chi connectivity index (χ0v) is 10.9. The quantitative estimate of drug-likeness (QED) is 0.905. The molecule has 4 heteroatoms. The zero-order chi connectivity index (χ0) is 12.3. The molecule has 0 aliphatic carbocycles. The molecule has 0 amide bonds. The summed E-state index contributed by atoms with van der Waals surface area (Å²) in [6.45, 7) is 2.61. The first-order valence-electron chi connectivity index (χ1n) is 5.60. The molecule has 0 spiro atoms. The second-order valence-corrected chi connectivity index (χ2v) is 4.59. The molecule has 0 saturated heterocycles. The maximum absolute atomic E-state index is 5.57. The molecule has 0 bridgehead atoms. The van der Waals surface area contributed by atoms with E-state index in [-0.39, 0.29) is 0 Å². The molecule has 2 aromatic rings. The van der Waals surface area contributed by atoms with Crippen LogP contribution in [0.1, 0.15) is 18.2 Å². The Hall–Kier alpha value is -1.39. The minimum atomic E-state index is 0.493. The van der Waals surface area contributed by atoms with Crippen LogP contribution >= 0.6 is 11.3 Å². The number of hydrogen-bond donors (Lipinski definition) is 1. The lowest BCUT2D eigenvalue weighted by Gasteiger charge is -2.07. The Morgan fingerprint density at radius 1 is 1.41 bits per heavy atom. The van der Waals surface area contributed by atoms with Crippen molar-refractivity contribution in [2.45, 2.75) is 19.9 Å². The van der Waals surface area contributed by atoms with Crippen LogP contribution in [0.3, 0.4) is 0 Å². The van der Waals surface area contributed by atoms with E-state index in [0.29, 0.717) is 6.54 Å². The van der Waals surface area contributed by atoms with E-state index in [4.69, 9.17) is 10.5 Å². The van der Waals surface area contributed by atoms with Crippen LogP contribution in [0.2, 0.25) is 0 Å². The third kappa shape index (κ3) is 2.48.